The van der Waals surface area contributed by atoms with Crippen molar-refractivity contribution in [1.82, 2.24) is 5.32 Å². The van der Waals surface area contributed by atoms with Gasteiger partial charge in [0.15, 0.2) is 0 Å². The largest absolute Gasteiger partial charge is 0.497 e. The van der Waals surface area contributed by atoms with Crippen molar-refractivity contribution in [3.05, 3.63) is 59.2 Å². The SMILES string of the molecule is COc1cccc(CCCNC(=O)c2ccc(C)c(N(C)S(C)(=O)=O)c2)c1. The van der Waals surface area contributed by atoms with Gasteiger partial charge in [-0.25, -0.2) is 8.42 Å². The summed E-state index contributed by atoms with van der Waals surface area (Å²) in [6.07, 6.45) is 2.76. The zero-order valence-corrected chi connectivity index (χ0v) is 17.0. The minimum atomic E-state index is -3.39. The monoisotopic (exact) mass is 390 g/mol. The van der Waals surface area contributed by atoms with Gasteiger partial charge in [-0.2, -0.15) is 0 Å². The number of amides is 1. The summed E-state index contributed by atoms with van der Waals surface area (Å²) in [7, 11) is -0.272. The molecule has 0 spiro atoms. The van der Waals surface area contributed by atoms with E-state index in [1.54, 1.807) is 25.3 Å². The van der Waals surface area contributed by atoms with Crippen molar-refractivity contribution >= 4 is 21.6 Å². The summed E-state index contributed by atoms with van der Waals surface area (Å²) in [5, 5.41) is 2.88. The zero-order valence-electron chi connectivity index (χ0n) is 16.2. The fourth-order valence-corrected chi connectivity index (χ4v) is 3.25. The van der Waals surface area contributed by atoms with Crippen LogP contribution in [0.5, 0.6) is 5.75 Å². The number of hydrogen-bond donors (Lipinski definition) is 1. The first-order valence-electron chi connectivity index (χ1n) is 8.68. The maximum absolute atomic E-state index is 12.4. The average Bonchev–Trinajstić information content (AvgIpc) is 2.64. The number of nitrogens with zero attached hydrogens (tertiary/aromatic N) is 1. The molecule has 1 N–H and O–H groups in total. The van der Waals surface area contributed by atoms with E-state index in [4.69, 9.17) is 4.74 Å². The Morgan fingerprint density at radius 2 is 1.93 bits per heavy atom. The molecular formula is C20H26N2O4S. The molecule has 146 valence electrons. The third-order valence-electron chi connectivity index (χ3n) is 4.37. The molecule has 0 saturated heterocycles. The van der Waals surface area contributed by atoms with Crippen LogP contribution < -0.4 is 14.4 Å². The minimum Gasteiger partial charge on any atom is -0.497 e. The third-order valence-corrected chi connectivity index (χ3v) is 5.56. The van der Waals surface area contributed by atoms with E-state index in [1.807, 2.05) is 31.2 Å². The van der Waals surface area contributed by atoms with Crippen LogP contribution in [0.2, 0.25) is 0 Å². The molecule has 0 saturated carbocycles. The Morgan fingerprint density at radius 3 is 2.59 bits per heavy atom. The Hall–Kier alpha value is -2.54. The number of ether oxygens (including phenoxy) is 1. The predicted octanol–water partition coefficient (Wildman–Crippen LogP) is 2.76. The van der Waals surface area contributed by atoms with Gasteiger partial charge in [0, 0.05) is 19.2 Å². The van der Waals surface area contributed by atoms with Gasteiger partial charge in [0.25, 0.3) is 5.91 Å². The van der Waals surface area contributed by atoms with Gasteiger partial charge >= 0.3 is 0 Å². The molecule has 27 heavy (non-hydrogen) atoms. The minimum absolute atomic E-state index is 0.219. The van der Waals surface area contributed by atoms with E-state index < -0.39 is 10.0 Å². The first-order valence-corrected chi connectivity index (χ1v) is 10.5. The Morgan fingerprint density at radius 1 is 1.19 bits per heavy atom. The van der Waals surface area contributed by atoms with Crippen LogP contribution in [-0.2, 0) is 16.4 Å². The van der Waals surface area contributed by atoms with E-state index in [1.165, 1.54) is 11.4 Å². The molecule has 0 aromatic heterocycles. The number of methoxy groups -OCH3 is 1. The molecule has 0 heterocycles. The van der Waals surface area contributed by atoms with Crippen molar-refractivity contribution < 1.29 is 17.9 Å². The van der Waals surface area contributed by atoms with E-state index in [0.717, 1.165) is 36.0 Å². The van der Waals surface area contributed by atoms with Gasteiger partial charge in [-0.15, -0.1) is 0 Å². The van der Waals surface area contributed by atoms with Crippen LogP contribution in [0.3, 0.4) is 0 Å². The number of nitrogens with one attached hydrogen (secondary N) is 1. The van der Waals surface area contributed by atoms with Gasteiger partial charge in [0.05, 0.1) is 19.1 Å². The van der Waals surface area contributed by atoms with Crippen molar-refractivity contribution in [3.8, 4) is 5.75 Å². The molecule has 0 fully saturated rings. The quantitative estimate of drug-likeness (QED) is 0.703. The summed E-state index contributed by atoms with van der Waals surface area (Å²) in [5.41, 5.74) is 2.88. The highest BCUT2D eigenvalue weighted by Crippen LogP contribution is 2.22. The summed E-state index contributed by atoms with van der Waals surface area (Å²) < 4.78 is 29.9. The molecule has 0 radical (unpaired) electrons. The lowest BCUT2D eigenvalue weighted by Crippen LogP contribution is -2.27. The van der Waals surface area contributed by atoms with E-state index in [9.17, 15) is 13.2 Å². The topological polar surface area (TPSA) is 75.7 Å². The van der Waals surface area contributed by atoms with Crippen molar-refractivity contribution in [2.24, 2.45) is 0 Å². The number of hydrogen-bond acceptors (Lipinski definition) is 4. The maximum Gasteiger partial charge on any atom is 0.251 e. The van der Waals surface area contributed by atoms with Crippen LogP contribution >= 0.6 is 0 Å². The molecule has 6 nitrogen and oxygen atoms in total. The number of carbonyl (C=O) groups is 1. The van der Waals surface area contributed by atoms with Crippen molar-refractivity contribution in [2.75, 3.05) is 31.3 Å². The lowest BCUT2D eigenvalue weighted by Gasteiger charge is -2.19. The van der Waals surface area contributed by atoms with Crippen LogP contribution in [-0.4, -0.2) is 41.3 Å². The molecule has 0 atom stereocenters. The first-order chi connectivity index (χ1) is 12.7. The number of carbonyl (C=O) groups excluding carboxylic acids is 1. The second-order valence-electron chi connectivity index (χ2n) is 6.44. The van der Waals surface area contributed by atoms with E-state index in [2.05, 4.69) is 5.32 Å². The highest BCUT2D eigenvalue weighted by atomic mass is 32.2. The third kappa shape index (κ3) is 5.72. The number of anilines is 1. The Labute approximate surface area is 161 Å². The van der Waals surface area contributed by atoms with Crippen LogP contribution in [0.25, 0.3) is 0 Å². The Bertz CT molecular complexity index is 910. The van der Waals surface area contributed by atoms with E-state index >= 15 is 0 Å². The van der Waals surface area contributed by atoms with Gasteiger partial charge < -0.3 is 10.1 Å². The lowest BCUT2D eigenvalue weighted by atomic mass is 10.1. The second-order valence-corrected chi connectivity index (χ2v) is 8.46. The Kier molecular flexibility index (Phi) is 6.85. The number of rotatable bonds is 8. The lowest BCUT2D eigenvalue weighted by molar-refractivity contribution is 0.0953. The summed E-state index contributed by atoms with van der Waals surface area (Å²) in [6, 6.07) is 12.9. The molecule has 7 heteroatoms. The van der Waals surface area contributed by atoms with E-state index in [-0.39, 0.29) is 5.91 Å². The summed E-state index contributed by atoms with van der Waals surface area (Å²) in [6.45, 7) is 2.34. The standard InChI is InChI=1S/C20H26N2O4S/c1-15-10-11-17(14-19(15)22(2)27(4,24)25)20(23)21-12-6-8-16-7-5-9-18(13-16)26-3/h5,7,9-11,13-14H,6,8,12H2,1-4H3,(H,21,23). The molecular weight excluding hydrogens is 364 g/mol. The molecule has 0 bridgehead atoms. The molecule has 0 aliphatic carbocycles. The van der Waals surface area contributed by atoms with Crippen LogP contribution in [0, 0.1) is 6.92 Å². The molecule has 2 aromatic rings. The number of aryl methyl sites for hydroxylation is 2. The number of sulfonamides is 1. The summed E-state index contributed by atoms with van der Waals surface area (Å²) in [5.74, 6) is 0.600. The molecule has 2 rings (SSSR count). The number of benzene rings is 2. The predicted molar refractivity (Wildman–Crippen MR) is 108 cm³/mol. The molecule has 2 aromatic carbocycles. The fourth-order valence-electron chi connectivity index (χ4n) is 2.69. The highest BCUT2D eigenvalue weighted by molar-refractivity contribution is 7.92. The highest BCUT2D eigenvalue weighted by Gasteiger charge is 2.16. The smallest absolute Gasteiger partial charge is 0.251 e. The van der Waals surface area contributed by atoms with Crippen LogP contribution in [0.1, 0.15) is 27.9 Å². The maximum atomic E-state index is 12.4. The molecule has 0 aliphatic heterocycles. The van der Waals surface area contributed by atoms with Crippen LogP contribution in [0.4, 0.5) is 5.69 Å². The van der Waals surface area contributed by atoms with E-state index in [0.29, 0.717) is 17.8 Å². The van der Waals surface area contributed by atoms with Gasteiger partial charge in [-0.05, 0) is 55.2 Å². The van der Waals surface area contributed by atoms with Crippen molar-refractivity contribution in [1.29, 1.82) is 0 Å². The van der Waals surface area contributed by atoms with Gasteiger partial charge in [0.2, 0.25) is 10.0 Å². The van der Waals surface area contributed by atoms with Crippen LogP contribution in [0.15, 0.2) is 42.5 Å². The van der Waals surface area contributed by atoms with Crippen molar-refractivity contribution in [2.45, 2.75) is 19.8 Å². The van der Waals surface area contributed by atoms with Gasteiger partial charge in [-0.3, -0.25) is 9.10 Å². The fraction of sp³-hybridized carbons (Fsp3) is 0.350. The van der Waals surface area contributed by atoms with Crippen molar-refractivity contribution in [3.63, 3.8) is 0 Å². The molecule has 0 aliphatic rings. The Balaban J connectivity index is 1.96. The second kappa shape index (κ2) is 8.90. The molecule has 1 amide bonds. The summed E-state index contributed by atoms with van der Waals surface area (Å²) in [4.78, 5) is 12.4. The van der Waals surface area contributed by atoms with Gasteiger partial charge in [-0.1, -0.05) is 18.2 Å². The first kappa shape index (κ1) is 20.8. The average molecular weight is 391 g/mol. The normalized spacial score (nSPS) is 11.1. The summed E-state index contributed by atoms with van der Waals surface area (Å²) >= 11 is 0. The molecule has 0 unspecified atom stereocenters. The zero-order chi connectivity index (χ0) is 20.0. The van der Waals surface area contributed by atoms with Gasteiger partial charge in [0.1, 0.15) is 5.75 Å².